The molecule has 3 aromatic heterocycles. The average Bonchev–Trinajstić information content (AvgIpc) is 3.37. The maximum Gasteiger partial charge on any atom is 0.339 e. The van der Waals surface area contributed by atoms with Gasteiger partial charge < -0.3 is 24.1 Å². The van der Waals surface area contributed by atoms with Crippen LogP contribution in [-0.2, 0) is 9.53 Å². The summed E-state index contributed by atoms with van der Waals surface area (Å²) in [7, 11) is 3.02. The van der Waals surface area contributed by atoms with E-state index in [-0.39, 0.29) is 11.3 Å². The predicted molar refractivity (Wildman–Crippen MR) is 128 cm³/mol. The smallest absolute Gasteiger partial charge is 0.339 e. The van der Waals surface area contributed by atoms with E-state index in [9.17, 15) is 9.59 Å². The van der Waals surface area contributed by atoms with Gasteiger partial charge in [0.1, 0.15) is 11.5 Å². The molecule has 0 aliphatic rings. The molecule has 0 unspecified atom stereocenters. The van der Waals surface area contributed by atoms with Crippen molar-refractivity contribution in [2.24, 2.45) is 0 Å². The van der Waals surface area contributed by atoms with Gasteiger partial charge in [0, 0.05) is 39.2 Å². The lowest BCUT2D eigenvalue weighted by atomic mass is 10.1. The van der Waals surface area contributed by atoms with Gasteiger partial charge in [0.15, 0.2) is 6.61 Å². The number of hydrogen-bond donors (Lipinski definition) is 1. The van der Waals surface area contributed by atoms with Gasteiger partial charge in [0.2, 0.25) is 0 Å². The minimum atomic E-state index is -0.678. The number of benzene rings is 1. The number of nitrogens with zero attached hydrogens (tertiary/aromatic N) is 2. The molecule has 0 bridgehead atoms. The Morgan fingerprint density at radius 2 is 1.74 bits per heavy atom. The van der Waals surface area contributed by atoms with Gasteiger partial charge >= 0.3 is 5.97 Å². The summed E-state index contributed by atoms with van der Waals surface area (Å²) in [5.41, 5.74) is 2.90. The number of thiophene rings is 1. The highest BCUT2D eigenvalue weighted by Gasteiger charge is 2.22. The summed E-state index contributed by atoms with van der Waals surface area (Å²) in [5, 5.41) is 7.07. The van der Waals surface area contributed by atoms with Crippen molar-refractivity contribution < 1.29 is 28.3 Å². The number of ether oxygens (including phenoxy) is 3. The first-order valence-corrected chi connectivity index (χ1v) is 11.1. The summed E-state index contributed by atoms with van der Waals surface area (Å²) < 4.78 is 21.1. The Morgan fingerprint density at radius 1 is 1.03 bits per heavy atom. The molecule has 0 saturated heterocycles. The van der Waals surface area contributed by atoms with Crippen LogP contribution >= 0.6 is 11.3 Å². The summed E-state index contributed by atoms with van der Waals surface area (Å²) in [6.45, 7) is 5.22. The number of hydrogen-bond acceptors (Lipinski definition) is 9. The third kappa shape index (κ3) is 4.72. The number of nitrogens with one attached hydrogen (secondary N) is 1. The molecule has 0 radical (unpaired) electrons. The Bertz CT molecular complexity index is 1370. The quantitative estimate of drug-likeness (QED) is 0.378. The molecular formula is C24H23N3O6S. The van der Waals surface area contributed by atoms with Gasteiger partial charge in [-0.25, -0.2) is 9.78 Å². The number of carbonyl (C=O) groups excluding carboxylic acids is 2. The number of methoxy groups -OCH3 is 2. The van der Waals surface area contributed by atoms with Crippen LogP contribution in [0.4, 0.5) is 5.69 Å². The largest absolute Gasteiger partial charge is 0.497 e. The lowest BCUT2D eigenvalue weighted by molar-refractivity contribution is -0.119. The molecule has 176 valence electrons. The topological polar surface area (TPSA) is 113 Å². The molecule has 4 aromatic rings. The highest BCUT2D eigenvalue weighted by Crippen LogP contribution is 2.33. The molecular weight excluding hydrogens is 458 g/mol. The van der Waals surface area contributed by atoms with E-state index in [0.717, 1.165) is 15.3 Å². The number of esters is 1. The van der Waals surface area contributed by atoms with E-state index in [1.165, 1.54) is 14.2 Å². The van der Waals surface area contributed by atoms with Crippen LogP contribution in [-0.4, -0.2) is 42.8 Å². The van der Waals surface area contributed by atoms with Crippen LogP contribution in [0.1, 0.15) is 25.8 Å². The Kier molecular flexibility index (Phi) is 6.51. The lowest BCUT2D eigenvalue weighted by Gasteiger charge is -2.11. The van der Waals surface area contributed by atoms with E-state index in [1.807, 2.05) is 19.9 Å². The van der Waals surface area contributed by atoms with E-state index >= 15 is 0 Å². The lowest BCUT2D eigenvalue weighted by Crippen LogP contribution is -2.21. The third-order valence-corrected chi connectivity index (χ3v) is 6.09. The van der Waals surface area contributed by atoms with Crippen molar-refractivity contribution in [2.75, 3.05) is 26.1 Å². The number of pyridine rings is 1. The van der Waals surface area contributed by atoms with Gasteiger partial charge in [-0.05, 0) is 32.9 Å². The molecule has 1 amide bonds. The highest BCUT2D eigenvalue weighted by atomic mass is 32.1. The first-order chi connectivity index (χ1) is 16.3. The van der Waals surface area contributed by atoms with Crippen molar-refractivity contribution in [3.63, 3.8) is 0 Å². The zero-order valence-corrected chi connectivity index (χ0v) is 20.2. The van der Waals surface area contributed by atoms with Crippen LogP contribution in [0.25, 0.3) is 22.4 Å². The molecule has 0 aliphatic carbocycles. The fourth-order valence-electron chi connectivity index (χ4n) is 3.56. The summed E-state index contributed by atoms with van der Waals surface area (Å²) in [4.78, 5) is 32.2. The first kappa shape index (κ1) is 23.2. The summed E-state index contributed by atoms with van der Waals surface area (Å²) in [5.74, 6) is -0.163. The number of fused-ring (bicyclic) bond motifs is 1. The van der Waals surface area contributed by atoms with Crippen molar-refractivity contribution in [1.29, 1.82) is 0 Å². The van der Waals surface area contributed by atoms with Crippen LogP contribution in [0.5, 0.6) is 11.5 Å². The van der Waals surface area contributed by atoms with Gasteiger partial charge in [-0.1, -0.05) is 5.16 Å². The second-order valence-electron chi connectivity index (χ2n) is 7.56. The molecule has 4 rings (SSSR count). The third-order valence-electron chi connectivity index (χ3n) is 5.12. The Hall–Kier alpha value is -3.92. The van der Waals surface area contributed by atoms with Crippen LogP contribution in [0.15, 0.2) is 34.9 Å². The molecule has 1 N–H and O–H groups in total. The number of amides is 1. The fourth-order valence-corrected chi connectivity index (χ4v) is 4.50. The number of rotatable bonds is 7. The predicted octanol–water partition coefficient (Wildman–Crippen LogP) is 4.69. The van der Waals surface area contributed by atoms with E-state index < -0.39 is 18.5 Å². The van der Waals surface area contributed by atoms with E-state index in [0.29, 0.717) is 34.0 Å². The molecule has 9 nitrogen and oxygen atoms in total. The second kappa shape index (κ2) is 9.52. The Morgan fingerprint density at radius 3 is 2.35 bits per heavy atom. The average molecular weight is 482 g/mol. The molecule has 0 aliphatic heterocycles. The molecule has 34 heavy (non-hydrogen) atoms. The standard InChI is InChI=1S/C24H23N3O6S/c1-12-6-18(14(3)34-12)20-10-19(22-13(2)27-33-23(22)26-20)24(29)32-11-21(28)25-15-7-16(30-4)9-17(8-15)31-5/h6-10H,11H2,1-5H3,(H,25,28). The Balaban J connectivity index is 1.55. The van der Waals surface area contributed by atoms with E-state index in [4.69, 9.17) is 18.7 Å². The minimum Gasteiger partial charge on any atom is -0.497 e. The SMILES string of the molecule is COc1cc(NC(=O)COC(=O)c2cc(-c3cc(C)sc3C)nc3onc(C)c23)cc(OC)c1. The molecule has 10 heteroatoms. The molecule has 3 heterocycles. The summed E-state index contributed by atoms with van der Waals surface area (Å²) in [6, 6.07) is 8.59. The minimum absolute atomic E-state index is 0.234. The van der Waals surface area contributed by atoms with E-state index in [2.05, 4.69) is 15.5 Å². The van der Waals surface area contributed by atoms with Crippen LogP contribution < -0.4 is 14.8 Å². The molecule has 0 saturated carbocycles. The number of carbonyl (C=O) groups is 2. The number of aryl methyl sites for hydroxylation is 3. The first-order valence-electron chi connectivity index (χ1n) is 10.3. The van der Waals surface area contributed by atoms with Crippen molar-refractivity contribution in [3.8, 4) is 22.8 Å². The van der Waals surface area contributed by atoms with E-state index in [1.54, 1.807) is 42.5 Å². The van der Waals surface area contributed by atoms with Crippen molar-refractivity contribution in [1.82, 2.24) is 10.1 Å². The molecule has 1 aromatic carbocycles. The Labute approximate surface area is 199 Å². The van der Waals surface area contributed by atoms with Crippen LogP contribution in [0, 0.1) is 20.8 Å². The van der Waals surface area contributed by atoms with Gasteiger partial charge in [-0.15, -0.1) is 11.3 Å². The molecule has 0 atom stereocenters. The zero-order chi connectivity index (χ0) is 24.4. The number of aromatic nitrogens is 2. The molecule has 0 spiro atoms. The van der Waals surface area contributed by atoms with Crippen molar-refractivity contribution in [2.45, 2.75) is 20.8 Å². The fraction of sp³-hybridized carbons (Fsp3) is 0.250. The van der Waals surface area contributed by atoms with Gasteiger partial charge in [0.25, 0.3) is 11.6 Å². The van der Waals surface area contributed by atoms with Crippen LogP contribution in [0.3, 0.4) is 0 Å². The zero-order valence-electron chi connectivity index (χ0n) is 19.3. The highest BCUT2D eigenvalue weighted by molar-refractivity contribution is 7.12. The maximum absolute atomic E-state index is 13.0. The maximum atomic E-state index is 13.0. The monoisotopic (exact) mass is 481 g/mol. The molecule has 0 fully saturated rings. The second-order valence-corrected chi connectivity index (χ2v) is 9.02. The van der Waals surface area contributed by atoms with Crippen molar-refractivity contribution in [3.05, 3.63) is 51.3 Å². The van der Waals surface area contributed by atoms with Gasteiger partial charge in [-0.2, -0.15) is 0 Å². The van der Waals surface area contributed by atoms with Gasteiger partial charge in [0.05, 0.1) is 36.6 Å². The normalized spacial score (nSPS) is 10.9. The van der Waals surface area contributed by atoms with Gasteiger partial charge in [-0.3, -0.25) is 4.79 Å². The number of anilines is 1. The van der Waals surface area contributed by atoms with Crippen molar-refractivity contribution >= 4 is 40.0 Å². The summed E-state index contributed by atoms with van der Waals surface area (Å²) >= 11 is 1.64. The van der Waals surface area contributed by atoms with Crippen LogP contribution in [0.2, 0.25) is 0 Å². The summed E-state index contributed by atoms with van der Waals surface area (Å²) in [6.07, 6.45) is 0.